The minimum atomic E-state index is -4.34. The van der Waals surface area contributed by atoms with Crippen molar-refractivity contribution in [1.82, 2.24) is 9.78 Å². The Morgan fingerprint density at radius 3 is 2.77 bits per heavy atom. The van der Waals surface area contributed by atoms with Gasteiger partial charge in [0, 0.05) is 13.3 Å². The number of methoxy groups -OCH3 is 1. The molecule has 74 valence electrons. The van der Waals surface area contributed by atoms with E-state index in [0.717, 1.165) is 16.9 Å². The number of aromatic nitrogens is 2. The van der Waals surface area contributed by atoms with Gasteiger partial charge < -0.3 is 4.74 Å². The zero-order valence-corrected chi connectivity index (χ0v) is 7.01. The van der Waals surface area contributed by atoms with Crippen molar-refractivity contribution in [1.29, 1.82) is 0 Å². The third-order valence-corrected chi connectivity index (χ3v) is 1.51. The smallest absolute Gasteiger partial charge is 0.383 e. The van der Waals surface area contributed by atoms with Gasteiger partial charge in [0.1, 0.15) is 5.69 Å². The first kappa shape index (κ1) is 10.0. The average molecular weight is 194 g/mol. The summed E-state index contributed by atoms with van der Waals surface area (Å²) in [5.41, 5.74) is -0.746. The molecule has 0 saturated carbocycles. The zero-order chi connectivity index (χ0) is 9.90. The van der Waals surface area contributed by atoms with Crippen LogP contribution in [0.15, 0.2) is 12.3 Å². The van der Waals surface area contributed by atoms with Crippen molar-refractivity contribution < 1.29 is 17.9 Å². The zero-order valence-electron chi connectivity index (χ0n) is 7.01. The van der Waals surface area contributed by atoms with Gasteiger partial charge >= 0.3 is 6.18 Å². The Hall–Kier alpha value is -1.04. The van der Waals surface area contributed by atoms with Crippen LogP contribution >= 0.6 is 0 Å². The van der Waals surface area contributed by atoms with Crippen LogP contribution in [-0.4, -0.2) is 23.5 Å². The number of rotatable bonds is 3. The number of ether oxygens (including phenoxy) is 1. The van der Waals surface area contributed by atoms with Gasteiger partial charge in [-0.2, -0.15) is 18.3 Å². The molecule has 0 N–H and O–H groups in total. The van der Waals surface area contributed by atoms with Crippen LogP contribution < -0.4 is 0 Å². The highest BCUT2D eigenvalue weighted by Gasteiger charge is 2.34. The lowest BCUT2D eigenvalue weighted by Gasteiger charge is -2.09. The van der Waals surface area contributed by atoms with Crippen molar-refractivity contribution in [3.63, 3.8) is 0 Å². The number of hydrogen-bond donors (Lipinski definition) is 0. The molecular weight excluding hydrogens is 185 g/mol. The third-order valence-electron chi connectivity index (χ3n) is 1.51. The lowest BCUT2D eigenvalue weighted by molar-refractivity contribution is -0.144. The van der Waals surface area contributed by atoms with Gasteiger partial charge in [0.2, 0.25) is 0 Å². The molecule has 0 unspecified atom stereocenters. The first-order valence-corrected chi connectivity index (χ1v) is 3.63. The number of nitrogens with zero attached hydrogens (tertiary/aromatic N) is 2. The van der Waals surface area contributed by atoms with E-state index in [1.807, 2.05) is 0 Å². The quantitative estimate of drug-likeness (QED) is 0.729. The Morgan fingerprint density at radius 2 is 2.23 bits per heavy atom. The second-order valence-corrected chi connectivity index (χ2v) is 2.43. The third kappa shape index (κ3) is 2.45. The number of halogens is 3. The van der Waals surface area contributed by atoms with E-state index in [1.54, 1.807) is 0 Å². The lowest BCUT2D eigenvalue weighted by Crippen LogP contribution is -2.16. The molecular formula is C7H9F3N2O. The topological polar surface area (TPSA) is 27.1 Å². The summed E-state index contributed by atoms with van der Waals surface area (Å²) >= 11 is 0. The second-order valence-electron chi connectivity index (χ2n) is 2.43. The summed E-state index contributed by atoms with van der Waals surface area (Å²) in [5, 5.41) is 3.54. The standard InChI is InChI=1S/C7H9F3N2O/c1-13-5-4-12-6(2-3-11-12)7(8,9)10/h2-3H,4-5H2,1H3. The molecule has 0 fully saturated rings. The SMILES string of the molecule is COCCn1nccc1C(F)(F)F. The summed E-state index contributed by atoms with van der Waals surface area (Å²) in [7, 11) is 1.43. The van der Waals surface area contributed by atoms with E-state index in [1.165, 1.54) is 7.11 Å². The van der Waals surface area contributed by atoms with E-state index in [-0.39, 0.29) is 13.2 Å². The van der Waals surface area contributed by atoms with Crippen LogP contribution in [0.2, 0.25) is 0 Å². The van der Waals surface area contributed by atoms with Gasteiger partial charge in [0.25, 0.3) is 0 Å². The fourth-order valence-electron chi connectivity index (χ4n) is 0.929. The monoisotopic (exact) mass is 194 g/mol. The number of hydrogen-bond acceptors (Lipinski definition) is 2. The Kier molecular flexibility index (Phi) is 2.92. The van der Waals surface area contributed by atoms with Crippen LogP contribution in [0.25, 0.3) is 0 Å². The molecule has 0 radical (unpaired) electrons. The van der Waals surface area contributed by atoms with Gasteiger partial charge in [-0.1, -0.05) is 0 Å². The normalized spacial score (nSPS) is 12.0. The van der Waals surface area contributed by atoms with Gasteiger partial charge in [0.05, 0.1) is 13.2 Å². The summed E-state index contributed by atoms with van der Waals surface area (Å²) in [4.78, 5) is 0. The fourth-order valence-corrected chi connectivity index (χ4v) is 0.929. The Morgan fingerprint density at radius 1 is 1.54 bits per heavy atom. The molecule has 0 spiro atoms. The van der Waals surface area contributed by atoms with Crippen molar-refractivity contribution in [2.24, 2.45) is 0 Å². The Labute approximate surface area is 73.1 Å². The van der Waals surface area contributed by atoms with Crippen molar-refractivity contribution >= 4 is 0 Å². The highest BCUT2D eigenvalue weighted by atomic mass is 19.4. The predicted molar refractivity (Wildman–Crippen MR) is 39.1 cm³/mol. The van der Waals surface area contributed by atoms with Gasteiger partial charge in [-0.15, -0.1) is 0 Å². The van der Waals surface area contributed by atoms with Crippen molar-refractivity contribution in [3.05, 3.63) is 18.0 Å². The van der Waals surface area contributed by atoms with Gasteiger partial charge in [-0.3, -0.25) is 4.68 Å². The molecule has 3 nitrogen and oxygen atoms in total. The molecule has 0 aliphatic heterocycles. The van der Waals surface area contributed by atoms with E-state index in [4.69, 9.17) is 0 Å². The Bertz CT molecular complexity index is 269. The molecule has 1 rings (SSSR count). The minimum Gasteiger partial charge on any atom is -0.383 e. The summed E-state index contributed by atoms with van der Waals surface area (Å²) < 4.78 is 42.2. The van der Waals surface area contributed by atoms with E-state index in [0.29, 0.717) is 0 Å². The van der Waals surface area contributed by atoms with Crippen molar-refractivity contribution in [2.45, 2.75) is 12.7 Å². The first-order valence-electron chi connectivity index (χ1n) is 3.63. The van der Waals surface area contributed by atoms with Crippen LogP contribution in [-0.2, 0) is 17.5 Å². The van der Waals surface area contributed by atoms with E-state index >= 15 is 0 Å². The summed E-state index contributed by atoms with van der Waals surface area (Å²) in [6, 6.07) is 0.940. The molecule has 1 aromatic rings. The molecule has 0 saturated heterocycles. The molecule has 13 heavy (non-hydrogen) atoms. The van der Waals surface area contributed by atoms with E-state index in [9.17, 15) is 13.2 Å². The summed E-state index contributed by atoms with van der Waals surface area (Å²) in [6.45, 7) is 0.323. The maximum atomic E-state index is 12.2. The van der Waals surface area contributed by atoms with E-state index in [2.05, 4.69) is 9.84 Å². The van der Waals surface area contributed by atoms with Crippen LogP contribution in [0.1, 0.15) is 5.69 Å². The lowest BCUT2D eigenvalue weighted by atomic mass is 10.4. The highest BCUT2D eigenvalue weighted by Crippen LogP contribution is 2.28. The largest absolute Gasteiger partial charge is 0.433 e. The van der Waals surface area contributed by atoms with Crippen LogP contribution in [0.3, 0.4) is 0 Å². The molecule has 1 heterocycles. The average Bonchev–Trinajstić information content (AvgIpc) is 2.47. The predicted octanol–water partition coefficient (Wildman–Crippen LogP) is 1.55. The molecule has 0 aliphatic carbocycles. The van der Waals surface area contributed by atoms with Gasteiger partial charge in [-0.05, 0) is 6.07 Å². The molecule has 0 aromatic carbocycles. The van der Waals surface area contributed by atoms with Crippen LogP contribution in [0.4, 0.5) is 13.2 Å². The maximum Gasteiger partial charge on any atom is 0.433 e. The van der Waals surface area contributed by atoms with E-state index < -0.39 is 11.9 Å². The molecule has 1 aromatic heterocycles. The maximum absolute atomic E-state index is 12.2. The molecule has 0 aliphatic rings. The van der Waals surface area contributed by atoms with Crippen molar-refractivity contribution in [3.8, 4) is 0 Å². The van der Waals surface area contributed by atoms with Gasteiger partial charge in [0.15, 0.2) is 0 Å². The Balaban J connectivity index is 2.77. The fraction of sp³-hybridized carbons (Fsp3) is 0.571. The van der Waals surface area contributed by atoms with Gasteiger partial charge in [-0.25, -0.2) is 0 Å². The van der Waals surface area contributed by atoms with Crippen molar-refractivity contribution in [2.75, 3.05) is 13.7 Å². The molecule has 0 atom stereocenters. The second kappa shape index (κ2) is 3.78. The van der Waals surface area contributed by atoms with Crippen LogP contribution in [0, 0.1) is 0 Å². The summed E-state index contributed by atoms with van der Waals surface area (Å²) in [6.07, 6.45) is -3.22. The van der Waals surface area contributed by atoms with Crippen LogP contribution in [0.5, 0.6) is 0 Å². The minimum absolute atomic E-state index is 0.109. The number of alkyl halides is 3. The molecule has 6 heteroatoms. The highest BCUT2D eigenvalue weighted by molar-refractivity contribution is 5.04. The first-order chi connectivity index (χ1) is 6.05. The summed E-state index contributed by atoms with van der Waals surface area (Å²) in [5.74, 6) is 0. The molecule has 0 amide bonds. The molecule has 0 bridgehead atoms.